The smallest absolute Gasteiger partial charge is 0.462 e. The summed E-state index contributed by atoms with van der Waals surface area (Å²) < 4.78 is 33.1. The van der Waals surface area contributed by atoms with Crippen molar-refractivity contribution < 1.29 is 37.6 Å². The number of unbranched alkanes of at least 4 members (excludes halogenated alkanes) is 12. The summed E-state index contributed by atoms with van der Waals surface area (Å²) in [6, 6.07) is 0. The third kappa shape index (κ3) is 39.2. The van der Waals surface area contributed by atoms with Crippen LogP contribution in [0.5, 0.6) is 0 Å². The molecule has 2 unspecified atom stereocenters. The maximum atomic E-state index is 12.6. The van der Waals surface area contributed by atoms with Gasteiger partial charge in [0.1, 0.15) is 6.61 Å². The largest absolute Gasteiger partial charge is 0.472 e. The fourth-order valence-corrected chi connectivity index (χ4v) is 5.85. The minimum atomic E-state index is -4.37. The molecule has 0 radical (unpaired) electrons. The van der Waals surface area contributed by atoms with Gasteiger partial charge in [0.25, 0.3) is 0 Å². The molecule has 0 fully saturated rings. The molecule has 0 aliphatic rings. The van der Waals surface area contributed by atoms with Crippen LogP contribution >= 0.6 is 7.82 Å². The van der Waals surface area contributed by atoms with Gasteiger partial charge in [-0.05, 0) is 90.5 Å². The maximum absolute atomic E-state index is 12.6. The molecule has 0 heterocycles. The minimum Gasteiger partial charge on any atom is -0.462 e. The lowest BCUT2D eigenvalue weighted by molar-refractivity contribution is -0.161. The fourth-order valence-electron chi connectivity index (χ4n) is 5.10. The number of carbonyl (C=O) groups is 2. The lowest BCUT2D eigenvalue weighted by Crippen LogP contribution is -2.29. The molecular formula is C44H76NO8P. The first-order chi connectivity index (χ1) is 26.3. The van der Waals surface area contributed by atoms with E-state index < -0.39 is 32.5 Å². The van der Waals surface area contributed by atoms with Crippen molar-refractivity contribution in [2.24, 2.45) is 0 Å². The monoisotopic (exact) mass is 778 g/mol. The van der Waals surface area contributed by atoms with Crippen LogP contribution in [0.2, 0.25) is 0 Å². The second kappa shape index (κ2) is 40.1. The second-order valence-electron chi connectivity index (χ2n) is 13.5. The predicted molar refractivity (Wildman–Crippen MR) is 224 cm³/mol. The maximum Gasteiger partial charge on any atom is 0.472 e. The molecular weight excluding hydrogens is 701 g/mol. The zero-order valence-corrected chi connectivity index (χ0v) is 35.0. The zero-order chi connectivity index (χ0) is 39.6. The molecule has 10 heteroatoms. The Bertz CT molecular complexity index is 1110. The number of likely N-dealkylation sites (N-methyl/N-ethyl adjacent to an activating group) is 1. The Kier molecular flexibility index (Phi) is 38.2. The van der Waals surface area contributed by atoms with Crippen molar-refractivity contribution in [2.45, 2.75) is 161 Å². The van der Waals surface area contributed by atoms with E-state index in [1.165, 1.54) is 51.4 Å². The molecule has 0 bridgehead atoms. The van der Waals surface area contributed by atoms with E-state index >= 15 is 0 Å². The number of rotatable bonds is 38. The van der Waals surface area contributed by atoms with E-state index in [4.69, 9.17) is 18.5 Å². The van der Waals surface area contributed by atoms with Crippen LogP contribution in [0.15, 0.2) is 72.9 Å². The van der Waals surface area contributed by atoms with Crippen molar-refractivity contribution in [3.63, 3.8) is 0 Å². The van der Waals surface area contributed by atoms with Crippen LogP contribution in [-0.2, 0) is 32.7 Å². The van der Waals surface area contributed by atoms with Crippen LogP contribution in [-0.4, -0.2) is 56.3 Å². The van der Waals surface area contributed by atoms with Crippen LogP contribution in [0, 0.1) is 0 Å². The molecule has 0 aromatic rings. The van der Waals surface area contributed by atoms with Gasteiger partial charge < -0.3 is 19.7 Å². The van der Waals surface area contributed by atoms with Crippen molar-refractivity contribution in [3.8, 4) is 0 Å². The Hall–Kier alpha value is -2.55. The molecule has 310 valence electrons. The van der Waals surface area contributed by atoms with Gasteiger partial charge in [-0.2, -0.15) is 0 Å². The molecule has 0 rings (SSSR count). The number of ether oxygens (including phenoxy) is 2. The highest BCUT2D eigenvalue weighted by Crippen LogP contribution is 2.43. The van der Waals surface area contributed by atoms with Crippen LogP contribution < -0.4 is 5.32 Å². The molecule has 0 amide bonds. The highest BCUT2D eigenvalue weighted by atomic mass is 31.2. The first-order valence-electron chi connectivity index (χ1n) is 20.9. The van der Waals surface area contributed by atoms with Crippen molar-refractivity contribution in [1.82, 2.24) is 5.32 Å². The Morgan fingerprint density at radius 3 is 1.54 bits per heavy atom. The second-order valence-corrected chi connectivity index (χ2v) is 14.9. The predicted octanol–water partition coefficient (Wildman–Crippen LogP) is 11.8. The Balaban J connectivity index is 4.39. The van der Waals surface area contributed by atoms with Gasteiger partial charge in [-0.1, -0.05) is 132 Å². The molecule has 0 aliphatic heterocycles. The van der Waals surface area contributed by atoms with Gasteiger partial charge in [-0.15, -0.1) is 0 Å². The van der Waals surface area contributed by atoms with Gasteiger partial charge in [-0.3, -0.25) is 18.6 Å². The fraction of sp³-hybridized carbons (Fsp3) is 0.682. The number of phosphoric ester groups is 1. The first kappa shape index (κ1) is 51.5. The number of nitrogens with one attached hydrogen (secondary N) is 1. The minimum absolute atomic E-state index is 0.0330. The van der Waals surface area contributed by atoms with E-state index in [-0.39, 0.29) is 26.1 Å². The highest BCUT2D eigenvalue weighted by Gasteiger charge is 2.26. The molecule has 0 aliphatic carbocycles. The van der Waals surface area contributed by atoms with Gasteiger partial charge in [-0.25, -0.2) is 4.57 Å². The van der Waals surface area contributed by atoms with Crippen LogP contribution in [0.4, 0.5) is 0 Å². The van der Waals surface area contributed by atoms with Crippen LogP contribution in [0.3, 0.4) is 0 Å². The Morgan fingerprint density at radius 1 is 0.574 bits per heavy atom. The average molecular weight is 778 g/mol. The molecule has 0 spiro atoms. The average Bonchev–Trinajstić information content (AvgIpc) is 3.15. The standard InChI is InChI=1S/C44H76NO8P/c1-4-6-8-10-12-14-16-18-20-21-23-25-27-29-31-33-35-37-44(47)53-42(41-52-54(48,49)51-39-38-45-3)40-50-43(46)36-34-32-30-28-26-24-22-19-17-15-13-11-9-7-5-2/h12-15,18-20,22-23,25,29,31,42,45H,4-11,16-17,21,24,26-28,30,32-41H2,1-3H3,(H,48,49)/b14-12-,15-13-,20-18-,22-19-,25-23-,31-29-. The summed E-state index contributed by atoms with van der Waals surface area (Å²) in [5.41, 5.74) is 0. The highest BCUT2D eigenvalue weighted by molar-refractivity contribution is 7.47. The van der Waals surface area contributed by atoms with E-state index in [0.29, 0.717) is 25.8 Å². The summed E-state index contributed by atoms with van der Waals surface area (Å²) in [7, 11) is -2.68. The van der Waals surface area contributed by atoms with E-state index in [2.05, 4.69) is 86.0 Å². The number of hydrogen-bond donors (Lipinski definition) is 2. The third-order valence-corrected chi connectivity index (χ3v) is 9.28. The van der Waals surface area contributed by atoms with Gasteiger partial charge in [0.2, 0.25) is 0 Å². The number of phosphoric acid groups is 1. The molecule has 2 atom stereocenters. The summed E-state index contributed by atoms with van der Waals surface area (Å²) >= 11 is 0. The number of allylic oxidation sites excluding steroid dienone is 12. The van der Waals surface area contributed by atoms with Gasteiger partial charge in [0, 0.05) is 19.4 Å². The summed E-state index contributed by atoms with van der Waals surface area (Å²) in [4.78, 5) is 35.0. The molecule has 0 saturated heterocycles. The van der Waals surface area contributed by atoms with Crippen molar-refractivity contribution in [3.05, 3.63) is 72.9 Å². The topological polar surface area (TPSA) is 120 Å². The number of hydrogen-bond acceptors (Lipinski definition) is 8. The molecule has 54 heavy (non-hydrogen) atoms. The molecule has 0 saturated carbocycles. The number of carbonyl (C=O) groups excluding carboxylic acids is 2. The van der Waals surface area contributed by atoms with Crippen molar-refractivity contribution in [1.29, 1.82) is 0 Å². The SMILES string of the molecule is CCCCC/C=C\C/C=C\C/C=C\C/C=C\CCCC(=O)OC(COC(=O)CCCCCCC/C=C\C/C=C\CCCCC)COP(=O)(O)OCCNC. The summed E-state index contributed by atoms with van der Waals surface area (Å²) in [5, 5.41) is 2.81. The van der Waals surface area contributed by atoms with E-state index in [0.717, 1.165) is 57.8 Å². The first-order valence-corrected chi connectivity index (χ1v) is 22.4. The van der Waals surface area contributed by atoms with Crippen LogP contribution in [0.1, 0.15) is 155 Å². The molecule has 0 aromatic heterocycles. The third-order valence-electron chi connectivity index (χ3n) is 8.30. The summed E-state index contributed by atoms with van der Waals surface area (Å²) in [6.07, 6.45) is 46.6. The lowest BCUT2D eigenvalue weighted by atomic mass is 10.1. The van der Waals surface area contributed by atoms with E-state index in [1.807, 2.05) is 6.08 Å². The normalized spacial score (nSPS) is 14.1. The van der Waals surface area contributed by atoms with E-state index in [9.17, 15) is 19.0 Å². The summed E-state index contributed by atoms with van der Waals surface area (Å²) in [6.45, 7) is 4.07. The van der Waals surface area contributed by atoms with Gasteiger partial charge in [0.15, 0.2) is 6.10 Å². The number of esters is 2. The Labute approximate surface area is 329 Å². The van der Waals surface area contributed by atoms with E-state index in [1.54, 1.807) is 7.05 Å². The lowest BCUT2D eigenvalue weighted by Gasteiger charge is -2.20. The molecule has 0 aromatic carbocycles. The Morgan fingerprint density at radius 2 is 1.02 bits per heavy atom. The molecule has 2 N–H and O–H groups in total. The summed E-state index contributed by atoms with van der Waals surface area (Å²) in [5.74, 6) is -0.896. The van der Waals surface area contributed by atoms with Gasteiger partial charge >= 0.3 is 19.8 Å². The zero-order valence-electron chi connectivity index (χ0n) is 34.1. The van der Waals surface area contributed by atoms with Crippen molar-refractivity contribution >= 4 is 19.8 Å². The quantitative estimate of drug-likeness (QED) is 0.0273. The van der Waals surface area contributed by atoms with Crippen molar-refractivity contribution in [2.75, 3.05) is 33.4 Å². The molecule has 9 nitrogen and oxygen atoms in total. The van der Waals surface area contributed by atoms with Crippen LogP contribution in [0.25, 0.3) is 0 Å². The van der Waals surface area contributed by atoms with Gasteiger partial charge in [0.05, 0.1) is 13.2 Å².